The Balaban J connectivity index is 1.82. The predicted molar refractivity (Wildman–Crippen MR) is 156 cm³/mol. The topological polar surface area (TPSA) is 133 Å². The Hall–Kier alpha value is -4.09. The van der Waals surface area contributed by atoms with Crippen LogP contribution in [-0.2, 0) is 31.0 Å². The van der Waals surface area contributed by atoms with E-state index in [2.05, 4.69) is 5.32 Å². The SMILES string of the molecule is CN(CC(=O)Nc1cccc(S(=O)(=O)N(c2cccc(Cl)c2)C(C(=O)O)C(C)(C)C)c1)C(=O)OCc1ccccc1. The number of carboxylic acid groups (broad SMARTS) is 1. The third-order valence-electron chi connectivity index (χ3n) is 5.92. The number of benzene rings is 3. The van der Waals surface area contributed by atoms with E-state index >= 15 is 0 Å². The monoisotopic (exact) mass is 601 g/mol. The van der Waals surface area contributed by atoms with Crippen LogP contribution in [0.1, 0.15) is 26.3 Å². The van der Waals surface area contributed by atoms with Crippen LogP contribution in [-0.4, -0.2) is 56.0 Å². The van der Waals surface area contributed by atoms with Crippen LogP contribution in [0.5, 0.6) is 0 Å². The fraction of sp³-hybridized carbons (Fsp3) is 0.276. The number of ether oxygens (including phenoxy) is 1. The Labute approximate surface area is 244 Å². The van der Waals surface area contributed by atoms with Crippen LogP contribution in [0.2, 0.25) is 5.02 Å². The lowest BCUT2D eigenvalue weighted by atomic mass is 9.86. The van der Waals surface area contributed by atoms with E-state index < -0.39 is 39.4 Å². The molecular weight excluding hydrogens is 570 g/mol. The molecule has 1 atom stereocenters. The number of hydrogen-bond donors (Lipinski definition) is 2. The number of amides is 2. The van der Waals surface area contributed by atoms with Crippen molar-refractivity contribution in [2.45, 2.75) is 38.3 Å². The highest BCUT2D eigenvalue weighted by Gasteiger charge is 2.43. The van der Waals surface area contributed by atoms with Crippen molar-refractivity contribution in [2.75, 3.05) is 23.2 Å². The summed E-state index contributed by atoms with van der Waals surface area (Å²) in [5.74, 6) is -1.93. The van der Waals surface area contributed by atoms with Crippen LogP contribution in [0.25, 0.3) is 0 Å². The molecule has 0 aromatic heterocycles. The van der Waals surface area contributed by atoms with E-state index in [4.69, 9.17) is 16.3 Å². The quantitative estimate of drug-likeness (QED) is 0.324. The van der Waals surface area contributed by atoms with Crippen LogP contribution in [0.15, 0.2) is 83.8 Å². The van der Waals surface area contributed by atoms with Gasteiger partial charge < -0.3 is 20.1 Å². The summed E-state index contributed by atoms with van der Waals surface area (Å²) in [5.41, 5.74) is -0.00640. The number of carboxylic acids is 1. The van der Waals surface area contributed by atoms with E-state index in [1.54, 1.807) is 39.0 Å². The minimum Gasteiger partial charge on any atom is -0.480 e. The van der Waals surface area contributed by atoms with Gasteiger partial charge in [0.2, 0.25) is 5.91 Å². The summed E-state index contributed by atoms with van der Waals surface area (Å²) in [6.07, 6.45) is -0.709. The third-order valence-corrected chi connectivity index (χ3v) is 7.95. The summed E-state index contributed by atoms with van der Waals surface area (Å²) in [4.78, 5) is 38.2. The minimum atomic E-state index is -4.47. The van der Waals surface area contributed by atoms with E-state index in [-0.39, 0.29) is 34.4 Å². The van der Waals surface area contributed by atoms with Crippen LogP contribution in [0, 0.1) is 5.41 Å². The first-order valence-corrected chi connectivity index (χ1v) is 14.4. The second-order valence-electron chi connectivity index (χ2n) is 10.4. The highest BCUT2D eigenvalue weighted by atomic mass is 35.5. The van der Waals surface area contributed by atoms with Gasteiger partial charge in [-0.15, -0.1) is 0 Å². The zero-order chi connectivity index (χ0) is 30.4. The number of sulfonamides is 1. The summed E-state index contributed by atoms with van der Waals surface area (Å²) in [6, 6.07) is 18.9. The van der Waals surface area contributed by atoms with Gasteiger partial charge in [0.25, 0.3) is 10.0 Å². The lowest BCUT2D eigenvalue weighted by Crippen LogP contribution is -2.52. The Bertz CT molecular complexity index is 1510. The average Bonchev–Trinajstić information content (AvgIpc) is 2.89. The van der Waals surface area contributed by atoms with Gasteiger partial charge in [0.1, 0.15) is 19.2 Å². The standard InChI is InChI=1S/C29H32ClN3O7S/c1-29(2,3)26(27(35)36)33(23-14-8-12-21(30)16-23)41(38,39)24-15-9-13-22(17-24)31-25(34)18-32(4)28(37)40-19-20-10-6-5-7-11-20/h5-17,26H,18-19H2,1-4H3,(H,31,34)(H,35,36). The van der Waals surface area contributed by atoms with Crippen LogP contribution in [0.4, 0.5) is 16.2 Å². The molecule has 0 spiro atoms. The van der Waals surface area contributed by atoms with Gasteiger partial charge in [-0.3, -0.25) is 9.10 Å². The number of aliphatic carboxylic acids is 1. The fourth-order valence-corrected chi connectivity index (χ4v) is 6.03. The molecule has 41 heavy (non-hydrogen) atoms. The fourth-order valence-electron chi connectivity index (χ4n) is 4.02. The molecule has 0 bridgehead atoms. The molecule has 3 aromatic rings. The summed E-state index contributed by atoms with van der Waals surface area (Å²) in [7, 11) is -3.07. The van der Waals surface area contributed by atoms with Gasteiger partial charge in [-0.05, 0) is 47.4 Å². The van der Waals surface area contributed by atoms with E-state index in [0.717, 1.165) is 14.8 Å². The van der Waals surface area contributed by atoms with Gasteiger partial charge >= 0.3 is 12.1 Å². The number of halogens is 1. The Morgan fingerprint density at radius 1 is 0.976 bits per heavy atom. The number of anilines is 2. The molecule has 0 fully saturated rings. The number of hydrogen-bond acceptors (Lipinski definition) is 6. The zero-order valence-corrected chi connectivity index (χ0v) is 24.6. The summed E-state index contributed by atoms with van der Waals surface area (Å²) in [5, 5.41) is 12.9. The smallest absolute Gasteiger partial charge is 0.410 e. The number of rotatable bonds is 10. The van der Waals surface area contributed by atoms with Gasteiger partial charge in [-0.25, -0.2) is 18.0 Å². The largest absolute Gasteiger partial charge is 0.480 e. The van der Waals surface area contributed by atoms with E-state index in [0.29, 0.717) is 0 Å². The molecule has 12 heteroatoms. The van der Waals surface area contributed by atoms with Gasteiger partial charge in [0.15, 0.2) is 0 Å². The minimum absolute atomic E-state index is 0.0422. The highest BCUT2D eigenvalue weighted by Crippen LogP contribution is 2.35. The Morgan fingerprint density at radius 2 is 1.63 bits per heavy atom. The van der Waals surface area contributed by atoms with Crippen LogP contribution < -0.4 is 9.62 Å². The summed E-state index contributed by atoms with van der Waals surface area (Å²) in [6.45, 7) is 4.55. The molecule has 0 aliphatic carbocycles. The molecule has 3 rings (SSSR count). The molecule has 2 amide bonds. The number of nitrogens with one attached hydrogen (secondary N) is 1. The summed E-state index contributed by atoms with van der Waals surface area (Å²) >= 11 is 6.13. The number of carbonyl (C=O) groups is 3. The first kappa shape index (κ1) is 31.4. The molecule has 3 aromatic carbocycles. The van der Waals surface area contributed by atoms with Crippen LogP contribution in [0.3, 0.4) is 0 Å². The molecule has 0 saturated carbocycles. The molecule has 2 N–H and O–H groups in total. The molecule has 0 aliphatic rings. The second-order valence-corrected chi connectivity index (χ2v) is 12.6. The summed E-state index contributed by atoms with van der Waals surface area (Å²) < 4.78 is 34.0. The van der Waals surface area contributed by atoms with Crippen molar-refractivity contribution in [3.8, 4) is 0 Å². The zero-order valence-electron chi connectivity index (χ0n) is 23.1. The predicted octanol–water partition coefficient (Wildman–Crippen LogP) is 5.24. The van der Waals surface area contributed by atoms with E-state index in [1.807, 2.05) is 18.2 Å². The number of nitrogens with zero attached hydrogens (tertiary/aromatic N) is 2. The highest BCUT2D eigenvalue weighted by molar-refractivity contribution is 7.93. The van der Waals surface area contributed by atoms with Crippen molar-refractivity contribution in [1.29, 1.82) is 0 Å². The second kappa shape index (κ2) is 13.0. The van der Waals surface area contributed by atoms with E-state index in [1.165, 1.54) is 49.5 Å². The normalized spacial score (nSPS) is 12.2. The van der Waals surface area contributed by atoms with Gasteiger partial charge in [-0.1, -0.05) is 74.8 Å². The molecule has 0 saturated heterocycles. The molecule has 0 radical (unpaired) electrons. The molecule has 0 heterocycles. The third kappa shape index (κ3) is 8.21. The molecule has 1 unspecified atom stereocenters. The van der Waals surface area contributed by atoms with Crippen molar-refractivity contribution in [1.82, 2.24) is 4.90 Å². The van der Waals surface area contributed by atoms with E-state index in [9.17, 15) is 27.9 Å². The van der Waals surface area contributed by atoms with Crippen molar-refractivity contribution in [3.63, 3.8) is 0 Å². The van der Waals surface area contributed by atoms with Crippen molar-refractivity contribution in [3.05, 3.63) is 89.4 Å². The van der Waals surface area contributed by atoms with Crippen LogP contribution >= 0.6 is 11.6 Å². The molecule has 218 valence electrons. The van der Waals surface area contributed by atoms with Gasteiger partial charge in [0, 0.05) is 17.8 Å². The Kier molecular flexibility index (Phi) is 10.0. The molecular formula is C29H32ClN3O7S. The number of carbonyl (C=O) groups excluding carboxylic acids is 2. The number of likely N-dealkylation sites (N-methyl/N-ethyl adjacent to an activating group) is 1. The van der Waals surface area contributed by atoms with Gasteiger partial charge in [0.05, 0.1) is 10.6 Å². The first-order chi connectivity index (χ1) is 19.2. The lowest BCUT2D eigenvalue weighted by molar-refractivity contribution is -0.140. The van der Waals surface area contributed by atoms with Crippen molar-refractivity contribution in [2.24, 2.45) is 5.41 Å². The first-order valence-electron chi connectivity index (χ1n) is 12.5. The maximum Gasteiger partial charge on any atom is 0.410 e. The average molecular weight is 602 g/mol. The Morgan fingerprint density at radius 3 is 2.24 bits per heavy atom. The van der Waals surface area contributed by atoms with Gasteiger partial charge in [-0.2, -0.15) is 0 Å². The lowest BCUT2D eigenvalue weighted by Gasteiger charge is -2.37. The maximum absolute atomic E-state index is 14.0. The maximum atomic E-state index is 14.0. The van der Waals surface area contributed by atoms with Crippen molar-refractivity contribution < 1.29 is 32.6 Å². The molecule has 0 aliphatic heterocycles. The molecule has 10 nitrogen and oxygen atoms in total. The van der Waals surface area contributed by atoms with Crippen molar-refractivity contribution >= 4 is 51.0 Å².